The molecule has 26 heavy (non-hydrogen) atoms. The van der Waals surface area contributed by atoms with E-state index in [2.05, 4.69) is 40.5 Å². The molecule has 1 aromatic heterocycles. The number of likely N-dealkylation sites (tertiary alicyclic amines) is 1. The molecule has 6 heteroatoms. The lowest BCUT2D eigenvalue weighted by atomic mass is 9.94. The number of hydrogen-bond donors (Lipinski definition) is 2. The van der Waals surface area contributed by atoms with E-state index in [0.717, 1.165) is 38.3 Å². The van der Waals surface area contributed by atoms with Gasteiger partial charge < -0.3 is 11.1 Å². The zero-order valence-electron chi connectivity index (χ0n) is 15.2. The van der Waals surface area contributed by atoms with E-state index in [1.165, 1.54) is 42.5 Å². The van der Waals surface area contributed by atoms with Gasteiger partial charge in [0.15, 0.2) is 5.11 Å². The molecule has 4 rings (SSSR count). The third-order valence-electron chi connectivity index (χ3n) is 5.53. The van der Waals surface area contributed by atoms with Gasteiger partial charge in [0.25, 0.3) is 0 Å². The number of rotatable bonds is 3. The van der Waals surface area contributed by atoms with Crippen molar-refractivity contribution in [3.63, 3.8) is 0 Å². The van der Waals surface area contributed by atoms with E-state index in [1.54, 1.807) is 4.68 Å². The van der Waals surface area contributed by atoms with Gasteiger partial charge in [-0.3, -0.25) is 4.90 Å². The van der Waals surface area contributed by atoms with Crippen molar-refractivity contribution in [1.82, 2.24) is 14.7 Å². The van der Waals surface area contributed by atoms with Gasteiger partial charge in [-0.2, -0.15) is 9.78 Å². The topological polar surface area (TPSA) is 59.1 Å². The molecule has 5 nitrogen and oxygen atoms in total. The van der Waals surface area contributed by atoms with Crippen LogP contribution in [0.15, 0.2) is 30.3 Å². The summed E-state index contributed by atoms with van der Waals surface area (Å²) in [7, 11) is 0. The van der Waals surface area contributed by atoms with E-state index in [9.17, 15) is 0 Å². The zero-order chi connectivity index (χ0) is 17.9. The normalized spacial score (nSPS) is 20.8. The minimum atomic E-state index is 0.326. The number of benzene rings is 1. The van der Waals surface area contributed by atoms with Crippen LogP contribution < -0.4 is 11.1 Å². The van der Waals surface area contributed by atoms with Crippen LogP contribution in [-0.4, -0.2) is 32.9 Å². The van der Waals surface area contributed by atoms with Crippen molar-refractivity contribution in [3.05, 3.63) is 47.2 Å². The van der Waals surface area contributed by atoms with Gasteiger partial charge in [0.1, 0.15) is 5.82 Å². The quantitative estimate of drug-likeness (QED) is 0.812. The van der Waals surface area contributed by atoms with Gasteiger partial charge in [0.2, 0.25) is 0 Å². The maximum absolute atomic E-state index is 5.97. The van der Waals surface area contributed by atoms with Crippen molar-refractivity contribution in [2.45, 2.75) is 51.1 Å². The van der Waals surface area contributed by atoms with Crippen molar-refractivity contribution >= 4 is 23.1 Å². The molecule has 2 aromatic rings. The molecule has 0 aliphatic carbocycles. The minimum Gasteiger partial charge on any atom is -0.374 e. The Morgan fingerprint density at radius 3 is 2.85 bits per heavy atom. The fourth-order valence-corrected chi connectivity index (χ4v) is 4.40. The lowest BCUT2D eigenvalue weighted by Gasteiger charge is -2.35. The monoisotopic (exact) mass is 369 g/mol. The van der Waals surface area contributed by atoms with E-state index in [-0.39, 0.29) is 0 Å². The third kappa shape index (κ3) is 3.48. The van der Waals surface area contributed by atoms with E-state index >= 15 is 0 Å². The average Bonchev–Trinajstić information content (AvgIpc) is 2.84. The summed E-state index contributed by atoms with van der Waals surface area (Å²) in [4.78, 5) is 2.58. The smallest absolute Gasteiger partial charge is 0.193 e. The Morgan fingerprint density at radius 2 is 2.04 bits per heavy atom. The molecule has 2 aliphatic rings. The standard InChI is InChI=1S/C20H27N5S/c21-20(26)25-19-16(10-4-6-12-22-19)18(23-25)17-11-5-7-13-24(17)14-15-8-2-1-3-9-15/h1-3,8-9,17,22H,4-7,10-14H2,(H2,21,26). The van der Waals surface area contributed by atoms with E-state index in [4.69, 9.17) is 23.1 Å². The van der Waals surface area contributed by atoms with Crippen LogP contribution in [0, 0.1) is 0 Å². The van der Waals surface area contributed by atoms with Gasteiger partial charge in [0, 0.05) is 18.7 Å². The van der Waals surface area contributed by atoms with Crippen LogP contribution in [0.4, 0.5) is 5.82 Å². The van der Waals surface area contributed by atoms with Gasteiger partial charge in [-0.25, -0.2) is 0 Å². The van der Waals surface area contributed by atoms with E-state index in [1.807, 2.05) is 0 Å². The van der Waals surface area contributed by atoms with Crippen molar-refractivity contribution in [1.29, 1.82) is 0 Å². The Labute approximate surface area is 160 Å². The van der Waals surface area contributed by atoms with Crippen molar-refractivity contribution in [2.24, 2.45) is 5.73 Å². The van der Waals surface area contributed by atoms with Crippen LogP contribution in [-0.2, 0) is 13.0 Å². The zero-order valence-corrected chi connectivity index (χ0v) is 16.0. The fraction of sp³-hybridized carbons (Fsp3) is 0.500. The van der Waals surface area contributed by atoms with Crippen LogP contribution in [0.2, 0.25) is 0 Å². The highest BCUT2D eigenvalue weighted by Gasteiger charge is 2.31. The molecule has 1 fully saturated rings. The van der Waals surface area contributed by atoms with Crippen molar-refractivity contribution in [3.8, 4) is 0 Å². The molecule has 3 N–H and O–H groups in total. The highest BCUT2D eigenvalue weighted by Crippen LogP contribution is 2.37. The van der Waals surface area contributed by atoms with Crippen molar-refractivity contribution < 1.29 is 0 Å². The van der Waals surface area contributed by atoms with Crippen LogP contribution in [0.5, 0.6) is 0 Å². The minimum absolute atomic E-state index is 0.326. The first-order valence-electron chi connectivity index (χ1n) is 9.67. The summed E-state index contributed by atoms with van der Waals surface area (Å²) < 4.78 is 1.75. The number of aromatic nitrogens is 2. The second-order valence-corrected chi connectivity index (χ2v) is 7.73. The number of fused-ring (bicyclic) bond motifs is 1. The molecular weight excluding hydrogens is 342 g/mol. The first-order chi connectivity index (χ1) is 12.7. The number of nitrogens with one attached hydrogen (secondary N) is 1. The second kappa shape index (κ2) is 7.76. The highest BCUT2D eigenvalue weighted by molar-refractivity contribution is 7.80. The molecule has 1 aromatic carbocycles. The Balaban J connectivity index is 1.69. The molecule has 0 spiro atoms. The van der Waals surface area contributed by atoms with Crippen LogP contribution in [0.25, 0.3) is 0 Å². The summed E-state index contributed by atoms with van der Waals surface area (Å²) in [5.41, 5.74) is 9.83. The fourth-order valence-electron chi connectivity index (χ4n) is 4.26. The number of nitrogens with zero attached hydrogens (tertiary/aromatic N) is 3. The molecule has 1 saturated heterocycles. The van der Waals surface area contributed by atoms with E-state index in [0.29, 0.717) is 11.2 Å². The lowest BCUT2D eigenvalue weighted by Crippen LogP contribution is -2.34. The Hall–Kier alpha value is -1.92. The van der Waals surface area contributed by atoms with Crippen molar-refractivity contribution in [2.75, 3.05) is 18.4 Å². The number of hydrogen-bond acceptors (Lipinski definition) is 4. The molecule has 3 heterocycles. The summed E-state index contributed by atoms with van der Waals surface area (Å²) in [5, 5.41) is 8.73. The van der Waals surface area contributed by atoms with Crippen LogP contribution >= 0.6 is 12.2 Å². The van der Waals surface area contributed by atoms with E-state index < -0.39 is 0 Å². The molecule has 1 unspecified atom stereocenters. The maximum Gasteiger partial charge on any atom is 0.193 e. The summed E-state index contributed by atoms with van der Waals surface area (Å²) >= 11 is 5.27. The highest BCUT2D eigenvalue weighted by atomic mass is 32.1. The predicted octanol–water partition coefficient (Wildman–Crippen LogP) is 3.45. The maximum atomic E-state index is 5.97. The lowest BCUT2D eigenvalue weighted by molar-refractivity contribution is 0.136. The first kappa shape index (κ1) is 17.5. The molecule has 0 saturated carbocycles. The number of nitrogens with two attached hydrogens (primary N) is 1. The van der Waals surface area contributed by atoms with Gasteiger partial charge in [-0.1, -0.05) is 36.8 Å². The molecule has 1 atom stereocenters. The average molecular weight is 370 g/mol. The largest absolute Gasteiger partial charge is 0.374 e. The Bertz CT molecular complexity index is 770. The van der Waals surface area contributed by atoms with Gasteiger partial charge in [0.05, 0.1) is 11.7 Å². The van der Waals surface area contributed by atoms with Gasteiger partial charge in [-0.15, -0.1) is 0 Å². The number of thiocarbonyl (C=S) groups is 1. The Kier molecular flexibility index (Phi) is 5.22. The number of piperidine rings is 1. The van der Waals surface area contributed by atoms with Gasteiger partial charge in [-0.05, 0) is 56.4 Å². The van der Waals surface area contributed by atoms with Gasteiger partial charge >= 0.3 is 0 Å². The molecule has 0 amide bonds. The summed E-state index contributed by atoms with van der Waals surface area (Å²) in [6.45, 7) is 3.04. The summed E-state index contributed by atoms with van der Waals surface area (Å²) in [6.07, 6.45) is 7.05. The first-order valence-corrected chi connectivity index (χ1v) is 10.1. The SMILES string of the molecule is NC(=S)n1nc(C2CCCCN2Cc2ccccc2)c2c1NCCCC2. The molecular formula is C20H27N5S. The third-order valence-corrected chi connectivity index (χ3v) is 5.70. The summed E-state index contributed by atoms with van der Waals surface area (Å²) in [5.74, 6) is 1.02. The molecule has 0 bridgehead atoms. The van der Waals surface area contributed by atoms with Crippen LogP contribution in [0.1, 0.15) is 55.0 Å². The Morgan fingerprint density at radius 1 is 1.19 bits per heavy atom. The number of anilines is 1. The second-order valence-electron chi connectivity index (χ2n) is 7.31. The van der Waals surface area contributed by atoms with Crippen LogP contribution in [0.3, 0.4) is 0 Å². The molecule has 2 aliphatic heterocycles. The summed E-state index contributed by atoms with van der Waals surface area (Å²) in [6, 6.07) is 11.1. The molecule has 138 valence electrons. The predicted molar refractivity (Wildman–Crippen MR) is 109 cm³/mol. The molecule has 0 radical (unpaired) electrons.